The number of carbonyl (C=O) groups excluding carboxylic acids is 2. The molecule has 1 saturated heterocycles. The third-order valence-corrected chi connectivity index (χ3v) is 3.92. The molecule has 1 aliphatic heterocycles. The van der Waals surface area contributed by atoms with Crippen molar-refractivity contribution in [2.45, 2.75) is 25.8 Å². The van der Waals surface area contributed by atoms with Gasteiger partial charge in [0, 0.05) is 32.6 Å². The summed E-state index contributed by atoms with van der Waals surface area (Å²) in [7, 11) is 3.47. The van der Waals surface area contributed by atoms with Gasteiger partial charge in [0.15, 0.2) is 0 Å². The number of ether oxygens (including phenoxy) is 1. The van der Waals surface area contributed by atoms with E-state index in [0.29, 0.717) is 38.2 Å². The van der Waals surface area contributed by atoms with E-state index in [1.807, 2.05) is 36.1 Å². The number of nitrogens with zero attached hydrogens (tertiary/aromatic N) is 2. The normalized spacial score (nSPS) is 18.1. The lowest BCUT2D eigenvalue weighted by molar-refractivity contribution is -0.139. The predicted molar refractivity (Wildman–Crippen MR) is 84.8 cm³/mol. The van der Waals surface area contributed by atoms with Crippen LogP contribution in [0.15, 0.2) is 24.3 Å². The summed E-state index contributed by atoms with van der Waals surface area (Å²) in [6.07, 6.45) is 1.19. The Labute approximate surface area is 131 Å². The fourth-order valence-electron chi connectivity index (χ4n) is 2.56. The second-order valence-electron chi connectivity index (χ2n) is 5.91. The van der Waals surface area contributed by atoms with E-state index in [1.165, 1.54) is 0 Å². The molecule has 0 aliphatic carbocycles. The Morgan fingerprint density at radius 1 is 1.27 bits per heavy atom. The molecule has 1 heterocycles. The van der Waals surface area contributed by atoms with E-state index in [9.17, 15) is 9.59 Å². The second-order valence-corrected chi connectivity index (χ2v) is 5.91. The molecule has 1 atom stereocenters. The van der Waals surface area contributed by atoms with Gasteiger partial charge in [0.1, 0.15) is 0 Å². The lowest BCUT2D eigenvalue weighted by atomic mass is 10.1. The molecule has 1 aromatic rings. The summed E-state index contributed by atoms with van der Waals surface area (Å²) in [4.78, 5) is 27.5. The van der Waals surface area contributed by atoms with Crippen LogP contribution in [-0.4, -0.2) is 61.5 Å². The first-order valence-corrected chi connectivity index (χ1v) is 7.67. The Morgan fingerprint density at radius 3 is 2.55 bits per heavy atom. The van der Waals surface area contributed by atoms with Gasteiger partial charge in [-0.05, 0) is 31.0 Å². The van der Waals surface area contributed by atoms with Crippen LogP contribution in [0.2, 0.25) is 0 Å². The zero-order chi connectivity index (χ0) is 16.1. The largest absolute Gasteiger partial charge is 0.377 e. The van der Waals surface area contributed by atoms with Crippen LogP contribution in [0.3, 0.4) is 0 Å². The van der Waals surface area contributed by atoms with Gasteiger partial charge in [-0.2, -0.15) is 0 Å². The van der Waals surface area contributed by atoms with Crippen molar-refractivity contribution in [3.63, 3.8) is 0 Å². The number of hydrogen-bond acceptors (Lipinski definition) is 3. The summed E-state index contributed by atoms with van der Waals surface area (Å²) in [6.45, 7) is 3.93. The first-order valence-electron chi connectivity index (χ1n) is 7.67. The fourth-order valence-corrected chi connectivity index (χ4v) is 2.56. The van der Waals surface area contributed by atoms with E-state index in [-0.39, 0.29) is 17.9 Å². The van der Waals surface area contributed by atoms with E-state index in [1.54, 1.807) is 19.0 Å². The number of morpholine rings is 1. The van der Waals surface area contributed by atoms with E-state index in [0.717, 1.165) is 5.56 Å². The highest BCUT2D eigenvalue weighted by molar-refractivity contribution is 5.93. The maximum Gasteiger partial charge on any atom is 0.253 e. The lowest BCUT2D eigenvalue weighted by Gasteiger charge is -2.33. The highest BCUT2D eigenvalue weighted by Gasteiger charge is 2.23. The van der Waals surface area contributed by atoms with Gasteiger partial charge >= 0.3 is 0 Å². The summed E-state index contributed by atoms with van der Waals surface area (Å²) in [6, 6.07) is 7.64. The average Bonchev–Trinajstić information content (AvgIpc) is 2.52. The number of hydrogen-bond donors (Lipinski definition) is 0. The van der Waals surface area contributed by atoms with Crippen LogP contribution in [-0.2, 0) is 16.0 Å². The molecule has 1 aromatic carbocycles. The summed E-state index contributed by atoms with van der Waals surface area (Å²) >= 11 is 0. The number of carbonyl (C=O) groups is 2. The zero-order valence-electron chi connectivity index (χ0n) is 13.5. The SMILES string of the molecule is CC1COCCN1C(=O)CCc1ccc(C(=O)N(C)C)cc1. The van der Waals surface area contributed by atoms with Crippen LogP contribution in [0.5, 0.6) is 0 Å². The first-order chi connectivity index (χ1) is 10.5. The number of amides is 2. The van der Waals surface area contributed by atoms with Gasteiger partial charge in [0.2, 0.25) is 5.91 Å². The van der Waals surface area contributed by atoms with Gasteiger partial charge in [-0.15, -0.1) is 0 Å². The molecule has 0 spiro atoms. The Balaban J connectivity index is 1.89. The van der Waals surface area contributed by atoms with Gasteiger partial charge in [0.25, 0.3) is 5.91 Å². The monoisotopic (exact) mass is 304 g/mol. The van der Waals surface area contributed by atoms with Crippen LogP contribution >= 0.6 is 0 Å². The highest BCUT2D eigenvalue weighted by atomic mass is 16.5. The molecule has 5 nitrogen and oxygen atoms in total. The van der Waals surface area contributed by atoms with Crippen molar-refractivity contribution in [3.8, 4) is 0 Å². The molecular formula is C17H24N2O3. The molecule has 0 aromatic heterocycles. The van der Waals surface area contributed by atoms with Gasteiger partial charge in [-0.25, -0.2) is 0 Å². The van der Waals surface area contributed by atoms with E-state index in [2.05, 4.69) is 0 Å². The Bertz CT molecular complexity index is 525. The molecule has 0 saturated carbocycles. The minimum atomic E-state index is -0.00947. The summed E-state index contributed by atoms with van der Waals surface area (Å²) in [5.74, 6) is 0.161. The standard InChI is InChI=1S/C17H24N2O3/c1-13-12-22-11-10-19(13)16(20)9-6-14-4-7-15(8-5-14)17(21)18(2)3/h4-5,7-8,13H,6,9-12H2,1-3H3. The van der Waals surface area contributed by atoms with Gasteiger partial charge in [-0.1, -0.05) is 12.1 Å². The Morgan fingerprint density at radius 2 is 1.95 bits per heavy atom. The Hall–Kier alpha value is -1.88. The van der Waals surface area contributed by atoms with Crippen LogP contribution < -0.4 is 0 Å². The molecule has 120 valence electrons. The highest BCUT2D eigenvalue weighted by Crippen LogP contribution is 2.12. The van der Waals surface area contributed by atoms with E-state index in [4.69, 9.17) is 4.74 Å². The van der Waals surface area contributed by atoms with Crippen molar-refractivity contribution in [3.05, 3.63) is 35.4 Å². The average molecular weight is 304 g/mol. The van der Waals surface area contributed by atoms with Crippen molar-refractivity contribution in [1.82, 2.24) is 9.80 Å². The van der Waals surface area contributed by atoms with Gasteiger partial charge < -0.3 is 14.5 Å². The second kappa shape index (κ2) is 7.40. The molecule has 1 fully saturated rings. The minimum Gasteiger partial charge on any atom is -0.377 e. The molecule has 0 radical (unpaired) electrons. The van der Waals surface area contributed by atoms with Crippen molar-refractivity contribution in [1.29, 1.82) is 0 Å². The summed E-state index contributed by atoms with van der Waals surface area (Å²) < 4.78 is 5.35. The van der Waals surface area contributed by atoms with Gasteiger partial charge in [0.05, 0.1) is 19.3 Å². The smallest absolute Gasteiger partial charge is 0.253 e. The molecule has 0 bridgehead atoms. The Kier molecular flexibility index (Phi) is 5.55. The van der Waals surface area contributed by atoms with Crippen LogP contribution in [0.25, 0.3) is 0 Å². The van der Waals surface area contributed by atoms with E-state index >= 15 is 0 Å². The molecule has 1 aliphatic rings. The lowest BCUT2D eigenvalue weighted by Crippen LogP contribution is -2.47. The van der Waals surface area contributed by atoms with Crippen LogP contribution in [0, 0.1) is 0 Å². The van der Waals surface area contributed by atoms with Crippen molar-refractivity contribution < 1.29 is 14.3 Å². The van der Waals surface area contributed by atoms with Crippen molar-refractivity contribution in [2.24, 2.45) is 0 Å². The molecule has 5 heteroatoms. The topological polar surface area (TPSA) is 49.9 Å². The van der Waals surface area contributed by atoms with E-state index < -0.39 is 0 Å². The maximum atomic E-state index is 12.3. The van der Waals surface area contributed by atoms with Crippen LogP contribution in [0.4, 0.5) is 0 Å². The molecular weight excluding hydrogens is 280 g/mol. The molecule has 1 unspecified atom stereocenters. The first kappa shape index (κ1) is 16.5. The summed E-state index contributed by atoms with van der Waals surface area (Å²) in [5, 5.41) is 0. The maximum absolute atomic E-state index is 12.3. The molecule has 22 heavy (non-hydrogen) atoms. The van der Waals surface area contributed by atoms with Crippen molar-refractivity contribution >= 4 is 11.8 Å². The molecule has 0 N–H and O–H groups in total. The predicted octanol–water partition coefficient (Wildman–Crippen LogP) is 1.57. The third-order valence-electron chi connectivity index (χ3n) is 3.92. The third kappa shape index (κ3) is 4.07. The number of rotatable bonds is 4. The number of benzene rings is 1. The van der Waals surface area contributed by atoms with Crippen LogP contribution in [0.1, 0.15) is 29.3 Å². The quantitative estimate of drug-likeness (QED) is 0.848. The summed E-state index contributed by atoms with van der Waals surface area (Å²) in [5.41, 5.74) is 1.74. The molecule has 2 amide bonds. The number of aryl methyl sites for hydroxylation is 1. The fraction of sp³-hybridized carbons (Fsp3) is 0.529. The zero-order valence-corrected chi connectivity index (χ0v) is 13.5. The van der Waals surface area contributed by atoms with Gasteiger partial charge in [-0.3, -0.25) is 9.59 Å². The van der Waals surface area contributed by atoms with Crippen molar-refractivity contribution in [2.75, 3.05) is 33.9 Å². The molecule has 2 rings (SSSR count). The minimum absolute atomic E-state index is 0.00947.